The number of hydrogen-bond acceptors (Lipinski definition) is 3. The summed E-state index contributed by atoms with van der Waals surface area (Å²) in [7, 11) is 0.989. The number of carboxylic acids is 1. The zero-order valence-corrected chi connectivity index (χ0v) is 7.04. The van der Waals surface area contributed by atoms with Crippen molar-refractivity contribution in [2.45, 2.75) is 0 Å². The molecule has 1 aromatic rings. The number of halogens is 2. The van der Waals surface area contributed by atoms with Gasteiger partial charge in [0.15, 0.2) is 17.4 Å². The summed E-state index contributed by atoms with van der Waals surface area (Å²) in [5.41, 5.74) is -0.892. The number of ether oxygens (including phenoxy) is 1. The molecule has 0 aromatic heterocycles. The molecular weight excluding hydrogens is 198 g/mol. The zero-order chi connectivity index (χ0) is 10.9. The molecule has 0 aliphatic heterocycles. The van der Waals surface area contributed by atoms with E-state index in [4.69, 9.17) is 10.2 Å². The Kier molecular flexibility index (Phi) is 2.55. The number of hydrogen-bond donors (Lipinski definition) is 2. The number of phenols is 1. The molecule has 0 unspecified atom stereocenters. The summed E-state index contributed by atoms with van der Waals surface area (Å²) in [5.74, 6) is -6.06. The molecule has 0 amide bonds. The van der Waals surface area contributed by atoms with E-state index >= 15 is 0 Å². The van der Waals surface area contributed by atoms with Crippen LogP contribution in [0.2, 0.25) is 0 Å². The second kappa shape index (κ2) is 3.49. The van der Waals surface area contributed by atoms with Gasteiger partial charge in [-0.1, -0.05) is 0 Å². The average Bonchev–Trinajstić information content (AvgIpc) is 2.12. The molecule has 0 radical (unpaired) electrons. The molecule has 0 spiro atoms. The Morgan fingerprint density at radius 3 is 2.50 bits per heavy atom. The van der Waals surface area contributed by atoms with Gasteiger partial charge in [0.25, 0.3) is 0 Å². The normalized spacial score (nSPS) is 9.93. The Balaban J connectivity index is 3.50. The minimum atomic E-state index is -1.64. The molecule has 0 saturated carbocycles. The third-order valence-corrected chi connectivity index (χ3v) is 1.58. The minimum Gasteiger partial charge on any atom is -0.502 e. The number of aromatic carboxylic acids is 1. The predicted molar refractivity (Wildman–Crippen MR) is 41.5 cm³/mol. The van der Waals surface area contributed by atoms with Crippen LogP contribution in [0.1, 0.15) is 10.4 Å². The highest BCUT2D eigenvalue weighted by Crippen LogP contribution is 2.33. The number of phenolic OH excluding ortho intramolecular Hbond substituents is 1. The molecule has 6 heteroatoms. The van der Waals surface area contributed by atoms with Crippen LogP contribution in [0.4, 0.5) is 8.78 Å². The van der Waals surface area contributed by atoms with Gasteiger partial charge >= 0.3 is 5.97 Å². The summed E-state index contributed by atoms with van der Waals surface area (Å²) >= 11 is 0. The summed E-state index contributed by atoms with van der Waals surface area (Å²) in [4.78, 5) is 10.4. The lowest BCUT2D eigenvalue weighted by Gasteiger charge is -2.07. The third-order valence-electron chi connectivity index (χ3n) is 1.58. The van der Waals surface area contributed by atoms with E-state index < -0.39 is 34.7 Å². The number of carboxylic acid groups (broad SMARTS) is 1. The van der Waals surface area contributed by atoms with Crippen molar-refractivity contribution in [2.75, 3.05) is 7.11 Å². The van der Waals surface area contributed by atoms with Crippen LogP contribution in [0.15, 0.2) is 6.07 Å². The number of carbonyl (C=O) groups is 1. The van der Waals surface area contributed by atoms with Crippen molar-refractivity contribution in [3.63, 3.8) is 0 Å². The fourth-order valence-corrected chi connectivity index (χ4v) is 0.935. The fourth-order valence-electron chi connectivity index (χ4n) is 0.935. The van der Waals surface area contributed by atoms with Gasteiger partial charge < -0.3 is 14.9 Å². The first-order valence-electron chi connectivity index (χ1n) is 3.47. The summed E-state index contributed by atoms with van der Waals surface area (Å²) < 4.78 is 30.3. The van der Waals surface area contributed by atoms with Crippen LogP contribution in [0.25, 0.3) is 0 Å². The van der Waals surface area contributed by atoms with E-state index in [0.717, 1.165) is 7.11 Å². The Morgan fingerprint density at radius 1 is 1.50 bits per heavy atom. The lowest BCUT2D eigenvalue weighted by molar-refractivity contribution is 0.0690. The maximum absolute atomic E-state index is 13.1. The number of methoxy groups -OCH3 is 1. The van der Waals surface area contributed by atoms with Crippen molar-refractivity contribution in [3.8, 4) is 11.5 Å². The molecule has 0 aliphatic rings. The second-order valence-electron chi connectivity index (χ2n) is 2.41. The Hall–Kier alpha value is -1.85. The number of benzene rings is 1. The lowest BCUT2D eigenvalue weighted by atomic mass is 10.2. The molecular formula is C8H6F2O4. The highest BCUT2D eigenvalue weighted by atomic mass is 19.1. The molecule has 1 rings (SSSR count). The molecule has 0 heterocycles. The Labute approximate surface area is 77.4 Å². The van der Waals surface area contributed by atoms with Gasteiger partial charge in [0.2, 0.25) is 5.75 Å². The lowest BCUT2D eigenvalue weighted by Crippen LogP contribution is -2.04. The van der Waals surface area contributed by atoms with Gasteiger partial charge in [-0.25, -0.2) is 13.6 Å². The van der Waals surface area contributed by atoms with Crippen LogP contribution in [0.3, 0.4) is 0 Å². The van der Waals surface area contributed by atoms with Crippen LogP contribution in [-0.4, -0.2) is 23.3 Å². The molecule has 0 atom stereocenters. The predicted octanol–water partition coefficient (Wildman–Crippen LogP) is 1.38. The summed E-state index contributed by atoms with van der Waals surface area (Å²) in [6, 6.07) is 0.384. The zero-order valence-electron chi connectivity index (χ0n) is 7.04. The van der Waals surface area contributed by atoms with E-state index in [2.05, 4.69) is 4.74 Å². The molecule has 76 valence electrons. The molecule has 0 fully saturated rings. The first kappa shape index (κ1) is 10.2. The number of rotatable bonds is 2. The smallest absolute Gasteiger partial charge is 0.338 e. The molecule has 14 heavy (non-hydrogen) atoms. The van der Waals surface area contributed by atoms with E-state index in [-0.39, 0.29) is 0 Å². The molecule has 1 aromatic carbocycles. The number of aromatic hydroxyl groups is 1. The van der Waals surface area contributed by atoms with Crippen molar-refractivity contribution in [1.82, 2.24) is 0 Å². The van der Waals surface area contributed by atoms with Gasteiger partial charge in [0, 0.05) is 0 Å². The quantitative estimate of drug-likeness (QED) is 0.763. The van der Waals surface area contributed by atoms with Crippen molar-refractivity contribution < 1.29 is 28.5 Å². The highest BCUT2D eigenvalue weighted by Gasteiger charge is 2.22. The Bertz CT molecular complexity index is 389. The fraction of sp³-hybridized carbons (Fsp3) is 0.125. The van der Waals surface area contributed by atoms with Gasteiger partial charge in [-0.2, -0.15) is 0 Å². The third kappa shape index (κ3) is 1.46. The topological polar surface area (TPSA) is 66.8 Å². The summed E-state index contributed by atoms with van der Waals surface area (Å²) in [6.07, 6.45) is 0. The van der Waals surface area contributed by atoms with E-state index in [1.807, 2.05) is 0 Å². The first-order chi connectivity index (χ1) is 6.49. The van der Waals surface area contributed by atoms with Crippen molar-refractivity contribution in [3.05, 3.63) is 23.3 Å². The monoisotopic (exact) mass is 204 g/mol. The minimum absolute atomic E-state index is 0.384. The summed E-state index contributed by atoms with van der Waals surface area (Å²) in [5, 5.41) is 17.4. The van der Waals surface area contributed by atoms with Crippen LogP contribution < -0.4 is 4.74 Å². The maximum Gasteiger partial charge on any atom is 0.338 e. The van der Waals surface area contributed by atoms with Crippen molar-refractivity contribution in [1.29, 1.82) is 0 Å². The van der Waals surface area contributed by atoms with E-state index in [1.54, 1.807) is 0 Å². The molecule has 2 N–H and O–H groups in total. The second-order valence-corrected chi connectivity index (χ2v) is 2.41. The van der Waals surface area contributed by atoms with Crippen molar-refractivity contribution >= 4 is 5.97 Å². The van der Waals surface area contributed by atoms with Crippen LogP contribution in [0.5, 0.6) is 11.5 Å². The summed E-state index contributed by atoms with van der Waals surface area (Å²) in [6.45, 7) is 0. The molecule has 4 nitrogen and oxygen atoms in total. The van der Waals surface area contributed by atoms with Crippen LogP contribution >= 0.6 is 0 Å². The van der Waals surface area contributed by atoms with Gasteiger partial charge in [-0.3, -0.25) is 0 Å². The van der Waals surface area contributed by atoms with E-state index in [9.17, 15) is 13.6 Å². The molecule has 0 saturated heterocycles. The Morgan fingerprint density at radius 2 is 2.07 bits per heavy atom. The van der Waals surface area contributed by atoms with Crippen LogP contribution in [-0.2, 0) is 0 Å². The van der Waals surface area contributed by atoms with Gasteiger partial charge in [0.1, 0.15) is 5.56 Å². The standard InChI is InChI=1S/C8H6F2O4/c1-14-7-5(10)3(8(12)13)2-4(9)6(7)11/h2,11H,1H3,(H,12,13). The SMILES string of the molecule is COc1c(O)c(F)cc(C(=O)O)c1F. The van der Waals surface area contributed by atoms with Crippen molar-refractivity contribution in [2.24, 2.45) is 0 Å². The maximum atomic E-state index is 13.1. The largest absolute Gasteiger partial charge is 0.502 e. The van der Waals surface area contributed by atoms with E-state index in [1.165, 1.54) is 0 Å². The van der Waals surface area contributed by atoms with Gasteiger partial charge in [0.05, 0.1) is 7.11 Å². The molecule has 0 bridgehead atoms. The van der Waals surface area contributed by atoms with Crippen LogP contribution in [0, 0.1) is 11.6 Å². The van der Waals surface area contributed by atoms with Gasteiger partial charge in [-0.05, 0) is 6.07 Å². The van der Waals surface area contributed by atoms with Gasteiger partial charge in [-0.15, -0.1) is 0 Å². The highest BCUT2D eigenvalue weighted by molar-refractivity contribution is 5.89. The average molecular weight is 204 g/mol. The first-order valence-corrected chi connectivity index (χ1v) is 3.47. The molecule has 0 aliphatic carbocycles. The van der Waals surface area contributed by atoms with E-state index in [0.29, 0.717) is 6.07 Å².